The number of hydrazone groups is 1. The SMILES string of the molecule is CC(C)=NN1C(=S)NC2(CCCCC2)[C@H]2CCCC[C@]21O. The molecule has 2 aliphatic carbocycles. The zero-order valence-corrected chi connectivity index (χ0v) is 14.0. The first-order valence-electron chi connectivity index (χ1n) is 8.34. The topological polar surface area (TPSA) is 47.9 Å². The van der Waals surface area contributed by atoms with Gasteiger partial charge in [0, 0.05) is 17.2 Å². The van der Waals surface area contributed by atoms with Crippen molar-refractivity contribution in [3.05, 3.63) is 0 Å². The lowest BCUT2D eigenvalue weighted by Crippen LogP contribution is -2.74. The second-order valence-corrected chi connectivity index (χ2v) is 7.57. The van der Waals surface area contributed by atoms with Crippen LogP contribution < -0.4 is 5.32 Å². The lowest BCUT2D eigenvalue weighted by atomic mass is 9.62. The third kappa shape index (κ3) is 2.48. The van der Waals surface area contributed by atoms with E-state index in [9.17, 15) is 5.11 Å². The van der Waals surface area contributed by atoms with E-state index in [-0.39, 0.29) is 11.5 Å². The van der Waals surface area contributed by atoms with Crippen molar-refractivity contribution >= 4 is 23.0 Å². The van der Waals surface area contributed by atoms with Gasteiger partial charge in [0.1, 0.15) is 0 Å². The predicted molar refractivity (Wildman–Crippen MR) is 89.1 cm³/mol. The summed E-state index contributed by atoms with van der Waals surface area (Å²) in [6.07, 6.45) is 10.1. The third-order valence-electron chi connectivity index (χ3n) is 5.47. The Morgan fingerprint density at radius 2 is 1.86 bits per heavy atom. The molecule has 0 aromatic carbocycles. The van der Waals surface area contributed by atoms with Crippen LogP contribution in [0, 0.1) is 5.92 Å². The number of hydrogen-bond donors (Lipinski definition) is 2. The van der Waals surface area contributed by atoms with Crippen molar-refractivity contribution in [2.45, 2.75) is 82.9 Å². The average molecular weight is 309 g/mol. The fourth-order valence-electron chi connectivity index (χ4n) is 4.63. The Balaban J connectivity index is 2.00. The largest absolute Gasteiger partial charge is 0.369 e. The molecule has 0 radical (unpaired) electrons. The van der Waals surface area contributed by atoms with Gasteiger partial charge in [0.05, 0.1) is 0 Å². The monoisotopic (exact) mass is 309 g/mol. The van der Waals surface area contributed by atoms with Crippen molar-refractivity contribution in [3.8, 4) is 0 Å². The van der Waals surface area contributed by atoms with Gasteiger partial charge in [0.25, 0.3) is 0 Å². The predicted octanol–water partition coefficient (Wildman–Crippen LogP) is 3.15. The van der Waals surface area contributed by atoms with E-state index in [2.05, 4.69) is 10.4 Å². The first kappa shape index (κ1) is 15.2. The van der Waals surface area contributed by atoms with Crippen LogP contribution in [0.15, 0.2) is 5.10 Å². The summed E-state index contributed by atoms with van der Waals surface area (Å²) in [5.74, 6) is 0.230. The molecule has 3 rings (SSSR count). The van der Waals surface area contributed by atoms with E-state index in [0.29, 0.717) is 5.11 Å². The molecule has 0 amide bonds. The third-order valence-corrected chi connectivity index (χ3v) is 5.75. The van der Waals surface area contributed by atoms with Gasteiger partial charge in [-0.2, -0.15) is 5.10 Å². The van der Waals surface area contributed by atoms with E-state index in [4.69, 9.17) is 12.2 Å². The molecule has 2 N–H and O–H groups in total. The van der Waals surface area contributed by atoms with Crippen molar-refractivity contribution in [1.82, 2.24) is 10.3 Å². The summed E-state index contributed by atoms with van der Waals surface area (Å²) in [4.78, 5) is 0. The maximum Gasteiger partial charge on any atom is 0.192 e. The van der Waals surface area contributed by atoms with Gasteiger partial charge in [0.15, 0.2) is 10.8 Å². The van der Waals surface area contributed by atoms with Gasteiger partial charge in [-0.3, -0.25) is 0 Å². The molecular weight excluding hydrogens is 282 g/mol. The van der Waals surface area contributed by atoms with Gasteiger partial charge in [-0.05, 0) is 58.2 Å². The molecule has 2 saturated carbocycles. The van der Waals surface area contributed by atoms with Crippen LogP contribution in [0.4, 0.5) is 0 Å². The molecule has 1 spiro atoms. The Labute approximate surface area is 133 Å². The van der Waals surface area contributed by atoms with E-state index >= 15 is 0 Å². The number of hydrogen-bond acceptors (Lipinski definition) is 3. The van der Waals surface area contributed by atoms with Crippen LogP contribution in [0.1, 0.15) is 71.6 Å². The molecule has 0 bridgehead atoms. The van der Waals surface area contributed by atoms with Crippen LogP contribution >= 0.6 is 12.2 Å². The number of fused-ring (bicyclic) bond motifs is 2. The van der Waals surface area contributed by atoms with E-state index in [1.165, 1.54) is 25.7 Å². The fraction of sp³-hybridized carbons (Fsp3) is 0.875. The summed E-state index contributed by atoms with van der Waals surface area (Å²) >= 11 is 5.59. The first-order chi connectivity index (χ1) is 9.98. The highest BCUT2D eigenvalue weighted by atomic mass is 32.1. The zero-order valence-electron chi connectivity index (χ0n) is 13.2. The van der Waals surface area contributed by atoms with Gasteiger partial charge >= 0.3 is 0 Å². The highest BCUT2D eigenvalue weighted by molar-refractivity contribution is 7.80. The molecule has 3 aliphatic rings. The molecular formula is C16H27N3OS. The summed E-state index contributed by atoms with van der Waals surface area (Å²) in [6, 6.07) is 0. The summed E-state index contributed by atoms with van der Waals surface area (Å²) in [7, 11) is 0. The Hall–Kier alpha value is -0.680. The van der Waals surface area contributed by atoms with Crippen LogP contribution in [0.25, 0.3) is 0 Å². The molecule has 4 nitrogen and oxygen atoms in total. The Morgan fingerprint density at radius 3 is 2.52 bits per heavy atom. The molecule has 21 heavy (non-hydrogen) atoms. The van der Waals surface area contributed by atoms with Gasteiger partial charge in [-0.25, -0.2) is 5.01 Å². The first-order valence-corrected chi connectivity index (χ1v) is 8.75. The highest BCUT2D eigenvalue weighted by Gasteiger charge is 2.59. The Bertz CT molecular complexity index is 454. The minimum Gasteiger partial charge on any atom is -0.369 e. The maximum atomic E-state index is 11.5. The molecule has 3 fully saturated rings. The van der Waals surface area contributed by atoms with Crippen LogP contribution in [0.2, 0.25) is 0 Å². The van der Waals surface area contributed by atoms with Crippen LogP contribution in [-0.2, 0) is 0 Å². The zero-order chi connectivity index (χ0) is 15.1. The van der Waals surface area contributed by atoms with Crippen LogP contribution in [-0.4, -0.2) is 32.2 Å². The molecule has 0 unspecified atom stereocenters. The lowest BCUT2D eigenvalue weighted by molar-refractivity contribution is -0.181. The molecule has 1 aliphatic heterocycles. The summed E-state index contributed by atoms with van der Waals surface area (Å²) in [5.41, 5.74) is 0.0318. The smallest absolute Gasteiger partial charge is 0.192 e. The number of rotatable bonds is 1. The molecule has 1 heterocycles. The number of thiocarbonyl (C=S) groups is 1. The normalized spacial score (nSPS) is 35.1. The van der Waals surface area contributed by atoms with Gasteiger partial charge in [-0.15, -0.1) is 0 Å². The second kappa shape index (κ2) is 5.51. The molecule has 5 heteroatoms. The van der Waals surface area contributed by atoms with Crippen molar-refractivity contribution < 1.29 is 5.11 Å². The van der Waals surface area contributed by atoms with Gasteiger partial charge < -0.3 is 10.4 Å². The van der Waals surface area contributed by atoms with Crippen molar-refractivity contribution in [2.75, 3.05) is 0 Å². The minimum atomic E-state index is -0.894. The van der Waals surface area contributed by atoms with Crippen molar-refractivity contribution in [2.24, 2.45) is 11.0 Å². The summed E-state index contributed by atoms with van der Waals surface area (Å²) in [5, 5.41) is 21.9. The second-order valence-electron chi connectivity index (χ2n) is 7.18. The average Bonchev–Trinajstić information content (AvgIpc) is 2.44. The van der Waals surface area contributed by atoms with E-state index in [1.54, 1.807) is 5.01 Å². The van der Waals surface area contributed by atoms with E-state index in [1.807, 2.05) is 13.8 Å². The fourth-order valence-corrected chi connectivity index (χ4v) is 5.03. The van der Waals surface area contributed by atoms with Crippen LogP contribution in [0.3, 0.4) is 0 Å². The molecule has 118 valence electrons. The quantitative estimate of drug-likeness (QED) is 0.577. The maximum absolute atomic E-state index is 11.5. The van der Waals surface area contributed by atoms with Gasteiger partial charge in [-0.1, -0.05) is 25.7 Å². The van der Waals surface area contributed by atoms with Crippen LogP contribution in [0.5, 0.6) is 0 Å². The molecule has 1 saturated heterocycles. The number of nitrogens with one attached hydrogen (secondary N) is 1. The number of nitrogens with zero attached hydrogens (tertiary/aromatic N) is 2. The Morgan fingerprint density at radius 1 is 1.19 bits per heavy atom. The Kier molecular flexibility index (Phi) is 3.99. The number of aliphatic hydroxyl groups is 1. The van der Waals surface area contributed by atoms with E-state index < -0.39 is 5.72 Å². The van der Waals surface area contributed by atoms with Crippen molar-refractivity contribution in [1.29, 1.82) is 0 Å². The molecule has 0 aromatic heterocycles. The highest BCUT2D eigenvalue weighted by Crippen LogP contribution is 2.50. The molecule has 0 aromatic rings. The molecule has 2 atom stereocenters. The van der Waals surface area contributed by atoms with Crippen molar-refractivity contribution in [3.63, 3.8) is 0 Å². The van der Waals surface area contributed by atoms with E-state index in [0.717, 1.165) is 37.8 Å². The van der Waals surface area contributed by atoms with Gasteiger partial charge in [0.2, 0.25) is 0 Å². The summed E-state index contributed by atoms with van der Waals surface area (Å²) < 4.78 is 0. The lowest BCUT2D eigenvalue weighted by Gasteiger charge is -2.59. The minimum absolute atomic E-state index is 0.00182. The standard InChI is InChI=1S/C16H27N3OS/c1-12(2)18-19-14(21)17-15(9-5-3-6-10-15)13-8-4-7-11-16(13,19)20/h13,20H,3-11H2,1-2H3,(H,17,21)/t13-,16+/m1/s1. The summed E-state index contributed by atoms with van der Waals surface area (Å²) in [6.45, 7) is 3.91.